The fourth-order valence-electron chi connectivity index (χ4n) is 2.02. The molecule has 5 N–H and O–H groups in total. The number of hydrogen-bond donors (Lipinski definition) is 4. The van der Waals surface area contributed by atoms with Crippen molar-refractivity contribution in [1.29, 1.82) is 0 Å². The molecule has 2 aromatic carbocycles. The van der Waals surface area contributed by atoms with Gasteiger partial charge in [0.05, 0.1) is 0 Å². The zero-order valence-electron chi connectivity index (χ0n) is 11.3. The summed E-state index contributed by atoms with van der Waals surface area (Å²) < 4.78 is 0. The Labute approximate surface area is 122 Å². The summed E-state index contributed by atoms with van der Waals surface area (Å²) in [6.45, 7) is 0. The highest BCUT2D eigenvalue weighted by molar-refractivity contribution is 6.58. The predicted octanol–water partition coefficient (Wildman–Crippen LogP) is -0.0122. The molecule has 6 heteroatoms. The van der Waals surface area contributed by atoms with Gasteiger partial charge in [-0.1, -0.05) is 48.5 Å². The summed E-state index contributed by atoms with van der Waals surface area (Å²) in [4.78, 5) is 10.7. The fourth-order valence-corrected chi connectivity index (χ4v) is 2.02. The molecule has 0 saturated carbocycles. The SMILES string of the molecule is N[C@@H](Cc1ccc(-c2ccc(B(O)O)cc2)cc1)C(=O)O. The van der Waals surface area contributed by atoms with E-state index < -0.39 is 19.1 Å². The quantitative estimate of drug-likeness (QED) is 0.578. The van der Waals surface area contributed by atoms with Crippen LogP contribution in [0.1, 0.15) is 5.56 Å². The number of aliphatic carboxylic acids is 1. The van der Waals surface area contributed by atoms with Crippen LogP contribution in [0.4, 0.5) is 0 Å². The highest BCUT2D eigenvalue weighted by Crippen LogP contribution is 2.19. The fraction of sp³-hybridized carbons (Fsp3) is 0.133. The molecule has 0 aliphatic rings. The maximum Gasteiger partial charge on any atom is 0.488 e. The minimum atomic E-state index is -1.47. The van der Waals surface area contributed by atoms with Gasteiger partial charge >= 0.3 is 13.1 Å². The van der Waals surface area contributed by atoms with E-state index in [0.717, 1.165) is 16.7 Å². The Balaban J connectivity index is 2.13. The highest BCUT2D eigenvalue weighted by atomic mass is 16.4. The maximum absolute atomic E-state index is 10.7. The first-order chi connectivity index (χ1) is 9.97. The minimum Gasteiger partial charge on any atom is -0.480 e. The molecule has 108 valence electrons. The van der Waals surface area contributed by atoms with Gasteiger partial charge < -0.3 is 20.9 Å². The lowest BCUT2D eigenvalue weighted by Gasteiger charge is -2.08. The Morgan fingerprint density at radius 1 is 1.00 bits per heavy atom. The topological polar surface area (TPSA) is 104 Å². The third-order valence-corrected chi connectivity index (χ3v) is 3.27. The molecular weight excluding hydrogens is 269 g/mol. The van der Waals surface area contributed by atoms with Crippen LogP contribution in [0.2, 0.25) is 0 Å². The van der Waals surface area contributed by atoms with Crippen LogP contribution in [0.25, 0.3) is 11.1 Å². The molecule has 0 aromatic heterocycles. The van der Waals surface area contributed by atoms with E-state index in [1.165, 1.54) is 0 Å². The largest absolute Gasteiger partial charge is 0.488 e. The van der Waals surface area contributed by atoms with Gasteiger partial charge in [0, 0.05) is 0 Å². The van der Waals surface area contributed by atoms with E-state index in [2.05, 4.69) is 0 Å². The average Bonchev–Trinajstić information content (AvgIpc) is 2.48. The lowest BCUT2D eigenvalue weighted by atomic mass is 9.80. The highest BCUT2D eigenvalue weighted by Gasteiger charge is 2.12. The van der Waals surface area contributed by atoms with E-state index in [1.54, 1.807) is 24.3 Å². The summed E-state index contributed by atoms with van der Waals surface area (Å²) in [5.74, 6) is -1.02. The van der Waals surface area contributed by atoms with E-state index >= 15 is 0 Å². The van der Waals surface area contributed by atoms with Crippen LogP contribution in [-0.2, 0) is 11.2 Å². The number of hydrogen-bond acceptors (Lipinski definition) is 4. The summed E-state index contributed by atoms with van der Waals surface area (Å²) in [6, 6.07) is 13.4. The van der Waals surface area contributed by atoms with Gasteiger partial charge in [0.15, 0.2) is 0 Å². The molecule has 21 heavy (non-hydrogen) atoms. The van der Waals surface area contributed by atoms with Crippen LogP contribution in [0.3, 0.4) is 0 Å². The molecule has 0 bridgehead atoms. The number of rotatable bonds is 5. The second-order valence-electron chi connectivity index (χ2n) is 4.84. The van der Waals surface area contributed by atoms with Crippen molar-refractivity contribution in [3.8, 4) is 11.1 Å². The Morgan fingerprint density at radius 3 is 1.90 bits per heavy atom. The molecule has 5 nitrogen and oxygen atoms in total. The second kappa shape index (κ2) is 6.54. The van der Waals surface area contributed by atoms with Crippen molar-refractivity contribution in [3.05, 3.63) is 54.1 Å². The average molecular weight is 285 g/mol. The van der Waals surface area contributed by atoms with Gasteiger partial charge in [-0.05, 0) is 28.6 Å². The van der Waals surface area contributed by atoms with Crippen molar-refractivity contribution in [1.82, 2.24) is 0 Å². The van der Waals surface area contributed by atoms with E-state index in [4.69, 9.17) is 20.9 Å². The first-order valence-electron chi connectivity index (χ1n) is 6.51. The van der Waals surface area contributed by atoms with Gasteiger partial charge in [-0.25, -0.2) is 0 Å². The van der Waals surface area contributed by atoms with Crippen molar-refractivity contribution in [3.63, 3.8) is 0 Å². The van der Waals surface area contributed by atoms with Gasteiger partial charge in [-0.15, -0.1) is 0 Å². The lowest BCUT2D eigenvalue weighted by Crippen LogP contribution is -2.32. The van der Waals surface area contributed by atoms with Crippen molar-refractivity contribution >= 4 is 18.6 Å². The van der Waals surface area contributed by atoms with E-state index in [1.807, 2.05) is 24.3 Å². The zero-order valence-corrected chi connectivity index (χ0v) is 11.3. The molecule has 0 aliphatic heterocycles. The molecule has 2 aromatic rings. The maximum atomic E-state index is 10.7. The molecule has 0 aliphatic carbocycles. The molecule has 2 rings (SSSR count). The van der Waals surface area contributed by atoms with E-state index in [0.29, 0.717) is 5.46 Å². The number of nitrogens with two attached hydrogens (primary N) is 1. The van der Waals surface area contributed by atoms with Gasteiger partial charge in [0.1, 0.15) is 6.04 Å². The standard InChI is InChI=1S/C15H16BNO4/c17-14(15(18)19)9-10-1-3-11(4-2-10)12-5-7-13(8-6-12)16(20)21/h1-8,14,20-21H,9,17H2,(H,18,19)/t14-/m0/s1. The minimum absolute atomic E-state index is 0.283. The van der Waals surface area contributed by atoms with Crippen molar-refractivity contribution in [2.45, 2.75) is 12.5 Å². The number of benzene rings is 2. The monoisotopic (exact) mass is 285 g/mol. The Bertz CT molecular complexity index is 611. The van der Waals surface area contributed by atoms with Crippen molar-refractivity contribution in [2.24, 2.45) is 5.73 Å². The summed E-state index contributed by atoms with van der Waals surface area (Å²) >= 11 is 0. The molecule has 0 saturated heterocycles. The zero-order chi connectivity index (χ0) is 15.4. The van der Waals surface area contributed by atoms with Crippen molar-refractivity contribution in [2.75, 3.05) is 0 Å². The molecule has 0 fully saturated rings. The van der Waals surface area contributed by atoms with Gasteiger partial charge in [0.25, 0.3) is 0 Å². The third-order valence-electron chi connectivity index (χ3n) is 3.27. The lowest BCUT2D eigenvalue weighted by molar-refractivity contribution is -0.138. The van der Waals surface area contributed by atoms with Crippen LogP contribution >= 0.6 is 0 Å². The molecule has 1 atom stereocenters. The summed E-state index contributed by atoms with van der Waals surface area (Å²) in [5.41, 5.74) is 8.68. The van der Waals surface area contributed by atoms with Gasteiger partial charge in [-0.2, -0.15) is 0 Å². The first-order valence-corrected chi connectivity index (χ1v) is 6.51. The van der Waals surface area contributed by atoms with E-state index in [-0.39, 0.29) is 6.42 Å². The Kier molecular flexibility index (Phi) is 4.75. The molecule has 0 unspecified atom stereocenters. The van der Waals surface area contributed by atoms with Crippen LogP contribution in [-0.4, -0.2) is 34.3 Å². The van der Waals surface area contributed by atoms with Crippen molar-refractivity contribution < 1.29 is 19.9 Å². The predicted molar refractivity (Wildman–Crippen MR) is 81.0 cm³/mol. The molecule has 0 spiro atoms. The summed E-state index contributed by atoms with van der Waals surface area (Å²) in [6.07, 6.45) is 0.283. The van der Waals surface area contributed by atoms with Crippen LogP contribution < -0.4 is 11.2 Å². The smallest absolute Gasteiger partial charge is 0.480 e. The van der Waals surface area contributed by atoms with E-state index in [9.17, 15) is 4.79 Å². The summed E-state index contributed by atoms with van der Waals surface area (Å²) in [5, 5.41) is 26.9. The van der Waals surface area contributed by atoms with Crippen LogP contribution in [0, 0.1) is 0 Å². The third kappa shape index (κ3) is 3.92. The van der Waals surface area contributed by atoms with Crippen LogP contribution in [0.15, 0.2) is 48.5 Å². The second-order valence-corrected chi connectivity index (χ2v) is 4.84. The van der Waals surface area contributed by atoms with Gasteiger partial charge in [-0.3, -0.25) is 4.79 Å². The number of carboxylic acid groups (broad SMARTS) is 1. The first kappa shape index (κ1) is 15.2. The molecule has 0 radical (unpaired) electrons. The Hall–Kier alpha value is -2.15. The molecule has 0 heterocycles. The number of carbonyl (C=O) groups is 1. The molecule has 0 amide bonds. The summed E-state index contributed by atoms with van der Waals surface area (Å²) in [7, 11) is -1.47. The van der Waals surface area contributed by atoms with Crippen LogP contribution in [0.5, 0.6) is 0 Å². The normalized spacial score (nSPS) is 12.0. The Morgan fingerprint density at radius 2 is 1.48 bits per heavy atom. The number of carboxylic acids is 1. The van der Waals surface area contributed by atoms with Gasteiger partial charge in [0.2, 0.25) is 0 Å². The molecular formula is C15H16BNO4.